The van der Waals surface area contributed by atoms with Crippen molar-refractivity contribution in [1.29, 1.82) is 0 Å². The van der Waals surface area contributed by atoms with Crippen LogP contribution in [-0.2, 0) is 0 Å². The molecular weight excluding hydrogens is 325 g/mol. The fourth-order valence-corrected chi connectivity index (χ4v) is 2.63. The van der Waals surface area contributed by atoms with Gasteiger partial charge in [0.2, 0.25) is 5.88 Å². The van der Waals surface area contributed by atoms with Crippen molar-refractivity contribution in [2.24, 2.45) is 0 Å². The Balaban J connectivity index is 1.71. The second-order valence-electron chi connectivity index (χ2n) is 5.64. The third-order valence-electron chi connectivity index (χ3n) is 3.88. The molecule has 2 aromatic heterocycles. The molecule has 2 heterocycles. The molecule has 1 aromatic carbocycles. The zero-order valence-electron chi connectivity index (χ0n) is 14.1. The zero-order chi connectivity index (χ0) is 18.0. The van der Waals surface area contributed by atoms with E-state index < -0.39 is 6.03 Å². The van der Waals surface area contributed by atoms with Crippen molar-refractivity contribution in [1.82, 2.24) is 10.3 Å². The number of nitrogens with one attached hydrogen (secondary N) is 2. The highest BCUT2D eigenvalue weighted by Gasteiger charge is 2.19. The Morgan fingerprint density at radius 2 is 2.12 bits per heavy atom. The van der Waals surface area contributed by atoms with Crippen molar-refractivity contribution in [2.45, 2.75) is 19.9 Å². The van der Waals surface area contributed by atoms with Crippen LogP contribution in [0.3, 0.4) is 0 Å². The van der Waals surface area contributed by atoms with Crippen LogP contribution in [0.25, 0.3) is 11.0 Å². The van der Waals surface area contributed by atoms with Gasteiger partial charge in [-0.15, -0.1) is 0 Å². The molecule has 1 atom stereocenters. The molecule has 3 rings (SSSR count). The number of urea groups is 1. The number of nitrogens with zero attached hydrogens (tertiary/aromatic N) is 1. The first-order valence-electron chi connectivity index (χ1n) is 7.74. The summed E-state index contributed by atoms with van der Waals surface area (Å²) < 4.78 is 24.1. The van der Waals surface area contributed by atoms with E-state index in [-0.39, 0.29) is 11.9 Å². The number of furan rings is 1. The van der Waals surface area contributed by atoms with E-state index in [1.807, 2.05) is 6.92 Å². The maximum absolute atomic E-state index is 13.4. The predicted octanol–water partition coefficient (Wildman–Crippen LogP) is 4.17. The molecule has 6 nitrogen and oxygen atoms in total. The number of hydrogen-bond donors (Lipinski definition) is 2. The maximum atomic E-state index is 13.4. The first kappa shape index (κ1) is 16.8. The van der Waals surface area contributed by atoms with Gasteiger partial charge in [-0.3, -0.25) is 0 Å². The van der Waals surface area contributed by atoms with Crippen molar-refractivity contribution >= 4 is 22.7 Å². The van der Waals surface area contributed by atoms with E-state index in [9.17, 15) is 9.18 Å². The van der Waals surface area contributed by atoms with Crippen LogP contribution in [0.5, 0.6) is 5.88 Å². The van der Waals surface area contributed by atoms with E-state index in [4.69, 9.17) is 9.15 Å². The second-order valence-corrected chi connectivity index (χ2v) is 5.64. The molecule has 2 amide bonds. The van der Waals surface area contributed by atoms with Gasteiger partial charge in [-0.2, -0.15) is 0 Å². The molecule has 0 aliphatic rings. The average Bonchev–Trinajstić information content (AvgIpc) is 2.92. The Labute approximate surface area is 144 Å². The van der Waals surface area contributed by atoms with Crippen LogP contribution in [0, 0.1) is 12.7 Å². The minimum absolute atomic E-state index is 0.326. The summed E-state index contributed by atoms with van der Waals surface area (Å²) in [4.78, 5) is 16.2. The van der Waals surface area contributed by atoms with E-state index in [2.05, 4.69) is 15.6 Å². The normalized spacial score (nSPS) is 12.0. The van der Waals surface area contributed by atoms with Gasteiger partial charge < -0.3 is 19.8 Å². The lowest BCUT2D eigenvalue weighted by Crippen LogP contribution is -2.31. The SMILES string of the molecule is COc1ccc(NC(=O)N[C@H](C)c2oc3ccc(F)cc3c2C)cn1. The van der Waals surface area contributed by atoms with Gasteiger partial charge in [0, 0.05) is 17.0 Å². The first-order chi connectivity index (χ1) is 12.0. The van der Waals surface area contributed by atoms with Crippen molar-refractivity contribution < 1.29 is 18.3 Å². The maximum Gasteiger partial charge on any atom is 0.319 e. The van der Waals surface area contributed by atoms with Crippen molar-refractivity contribution in [3.05, 3.63) is 53.7 Å². The van der Waals surface area contributed by atoms with Gasteiger partial charge in [0.05, 0.1) is 25.0 Å². The molecule has 0 spiro atoms. The van der Waals surface area contributed by atoms with E-state index in [1.54, 1.807) is 25.1 Å². The zero-order valence-corrected chi connectivity index (χ0v) is 14.1. The lowest BCUT2D eigenvalue weighted by atomic mass is 10.1. The number of rotatable bonds is 4. The predicted molar refractivity (Wildman–Crippen MR) is 92.3 cm³/mol. The number of amides is 2. The Hall–Kier alpha value is -3.09. The van der Waals surface area contributed by atoms with Crippen LogP contribution in [0.4, 0.5) is 14.9 Å². The lowest BCUT2D eigenvalue weighted by molar-refractivity contribution is 0.248. The van der Waals surface area contributed by atoms with E-state index >= 15 is 0 Å². The standard InChI is InChI=1S/C18H18FN3O3/c1-10-14-8-12(19)4-6-15(14)25-17(10)11(2)21-18(23)22-13-5-7-16(24-3)20-9-13/h4-9,11H,1-3H3,(H2,21,22,23)/t11-/m1/s1. The number of carbonyl (C=O) groups is 1. The number of fused-ring (bicyclic) bond motifs is 1. The Bertz CT molecular complexity index is 906. The van der Waals surface area contributed by atoms with Gasteiger partial charge in [-0.25, -0.2) is 14.2 Å². The summed E-state index contributed by atoms with van der Waals surface area (Å²) in [5.74, 6) is 0.723. The summed E-state index contributed by atoms with van der Waals surface area (Å²) >= 11 is 0. The smallest absolute Gasteiger partial charge is 0.319 e. The van der Waals surface area contributed by atoms with Gasteiger partial charge in [-0.05, 0) is 38.1 Å². The Kier molecular flexibility index (Phi) is 4.56. The number of anilines is 1. The molecule has 3 aromatic rings. The lowest BCUT2D eigenvalue weighted by Gasteiger charge is -2.13. The number of ether oxygens (including phenoxy) is 1. The molecule has 0 saturated carbocycles. The van der Waals surface area contributed by atoms with Crippen molar-refractivity contribution in [2.75, 3.05) is 12.4 Å². The topological polar surface area (TPSA) is 76.4 Å². The Morgan fingerprint density at radius 3 is 2.80 bits per heavy atom. The van der Waals surface area contributed by atoms with Crippen LogP contribution >= 0.6 is 0 Å². The fraction of sp³-hybridized carbons (Fsp3) is 0.222. The minimum atomic E-state index is -0.398. The third kappa shape index (κ3) is 3.55. The Morgan fingerprint density at radius 1 is 1.32 bits per heavy atom. The second kappa shape index (κ2) is 6.80. The van der Waals surface area contributed by atoms with Gasteiger partial charge >= 0.3 is 6.03 Å². The number of carbonyl (C=O) groups excluding carboxylic acids is 1. The van der Waals surface area contributed by atoms with Gasteiger partial charge in [0.25, 0.3) is 0 Å². The summed E-state index contributed by atoms with van der Waals surface area (Å²) in [6, 6.07) is 6.90. The van der Waals surface area contributed by atoms with Crippen LogP contribution in [0.1, 0.15) is 24.3 Å². The highest BCUT2D eigenvalue weighted by Crippen LogP contribution is 2.29. The number of halogens is 1. The summed E-state index contributed by atoms with van der Waals surface area (Å²) in [6.07, 6.45) is 1.50. The average molecular weight is 343 g/mol. The molecule has 0 fully saturated rings. The number of aryl methyl sites for hydroxylation is 1. The number of pyridine rings is 1. The highest BCUT2D eigenvalue weighted by atomic mass is 19.1. The quantitative estimate of drug-likeness (QED) is 0.745. The number of aromatic nitrogens is 1. The largest absolute Gasteiger partial charge is 0.481 e. The summed E-state index contributed by atoms with van der Waals surface area (Å²) in [6.45, 7) is 3.64. The molecule has 0 saturated heterocycles. The first-order valence-corrected chi connectivity index (χ1v) is 7.74. The van der Waals surface area contributed by atoms with Crippen LogP contribution in [0.15, 0.2) is 40.9 Å². The van der Waals surface area contributed by atoms with Gasteiger partial charge in [0.15, 0.2) is 0 Å². The van der Waals surface area contributed by atoms with Crippen LogP contribution in [-0.4, -0.2) is 18.1 Å². The molecule has 0 bridgehead atoms. The minimum Gasteiger partial charge on any atom is -0.481 e. The number of methoxy groups -OCH3 is 1. The number of benzene rings is 1. The molecule has 25 heavy (non-hydrogen) atoms. The van der Waals surface area contributed by atoms with Crippen LogP contribution < -0.4 is 15.4 Å². The summed E-state index contributed by atoms with van der Waals surface area (Å²) in [5, 5.41) is 6.18. The highest BCUT2D eigenvalue weighted by molar-refractivity contribution is 5.89. The van der Waals surface area contributed by atoms with E-state index in [0.29, 0.717) is 28.3 Å². The van der Waals surface area contributed by atoms with Gasteiger partial charge in [-0.1, -0.05) is 0 Å². The monoisotopic (exact) mass is 343 g/mol. The van der Waals surface area contributed by atoms with E-state index in [0.717, 1.165) is 5.56 Å². The molecule has 0 unspecified atom stereocenters. The summed E-state index contributed by atoms with van der Waals surface area (Å²) in [7, 11) is 1.52. The molecule has 0 aliphatic heterocycles. The molecule has 7 heteroatoms. The fourth-order valence-electron chi connectivity index (χ4n) is 2.63. The third-order valence-corrected chi connectivity index (χ3v) is 3.88. The number of hydrogen-bond acceptors (Lipinski definition) is 4. The van der Waals surface area contributed by atoms with Crippen LogP contribution in [0.2, 0.25) is 0 Å². The summed E-state index contributed by atoms with van der Waals surface area (Å²) in [5.41, 5.74) is 1.92. The molecule has 2 N–H and O–H groups in total. The van der Waals surface area contributed by atoms with E-state index in [1.165, 1.54) is 25.4 Å². The molecule has 0 aliphatic carbocycles. The van der Waals surface area contributed by atoms with Crippen molar-refractivity contribution in [3.8, 4) is 5.88 Å². The van der Waals surface area contributed by atoms with Crippen molar-refractivity contribution in [3.63, 3.8) is 0 Å². The molecular formula is C18H18FN3O3. The van der Waals surface area contributed by atoms with Gasteiger partial charge in [0.1, 0.15) is 17.2 Å². The molecule has 0 radical (unpaired) electrons. The molecule has 130 valence electrons.